The van der Waals surface area contributed by atoms with Crippen LogP contribution in [0.3, 0.4) is 0 Å². The minimum atomic E-state index is -0.481. The molecular formula is C22H17N5O3. The number of carbonyl (C=O) groups excluding carboxylic acids is 3. The number of amides is 3. The minimum absolute atomic E-state index is 0.291. The minimum Gasteiger partial charge on any atom is -0.360 e. The standard InChI is InChI=1S/C22H17N5O3/c28-20(26-27-21(29)17-13-24-18-6-2-1-5-16(17)18)14-8-10-15(11-9-14)25-22(30)19-7-3-4-12-23-19/h1-13,24H,(H,25,30)(H,26,28)(H,27,29). The van der Waals surface area contributed by atoms with Crippen molar-refractivity contribution >= 4 is 34.3 Å². The molecule has 4 aromatic rings. The monoisotopic (exact) mass is 399 g/mol. The number of nitrogens with one attached hydrogen (secondary N) is 4. The molecule has 30 heavy (non-hydrogen) atoms. The number of carbonyl (C=O) groups is 3. The van der Waals surface area contributed by atoms with Crippen molar-refractivity contribution in [3.05, 3.63) is 95.9 Å². The van der Waals surface area contributed by atoms with Gasteiger partial charge < -0.3 is 10.3 Å². The Hall–Kier alpha value is -4.46. The van der Waals surface area contributed by atoms with E-state index in [2.05, 4.69) is 26.1 Å². The second-order valence-electron chi connectivity index (χ2n) is 6.40. The van der Waals surface area contributed by atoms with Crippen LogP contribution in [0.2, 0.25) is 0 Å². The number of pyridine rings is 1. The lowest BCUT2D eigenvalue weighted by Gasteiger charge is -2.08. The average molecular weight is 399 g/mol. The molecule has 0 saturated heterocycles. The summed E-state index contributed by atoms with van der Waals surface area (Å²) in [5.41, 5.74) is 7.19. The molecule has 2 heterocycles. The lowest BCUT2D eigenvalue weighted by molar-refractivity contribution is 0.0847. The normalized spacial score (nSPS) is 10.4. The van der Waals surface area contributed by atoms with Crippen molar-refractivity contribution in [2.24, 2.45) is 0 Å². The zero-order chi connectivity index (χ0) is 20.9. The van der Waals surface area contributed by atoms with Crippen LogP contribution in [0.5, 0.6) is 0 Å². The van der Waals surface area contributed by atoms with Crippen LogP contribution in [0, 0.1) is 0 Å². The van der Waals surface area contributed by atoms with Gasteiger partial charge in [-0.3, -0.25) is 30.2 Å². The number of benzene rings is 2. The largest absolute Gasteiger partial charge is 0.360 e. The number of hydrogen-bond acceptors (Lipinski definition) is 4. The molecule has 0 spiro atoms. The number of aromatic amines is 1. The first-order valence-electron chi connectivity index (χ1n) is 9.11. The molecule has 0 fully saturated rings. The first-order chi connectivity index (χ1) is 14.6. The van der Waals surface area contributed by atoms with Crippen molar-refractivity contribution in [2.75, 3.05) is 5.32 Å². The summed E-state index contributed by atoms with van der Waals surface area (Å²) in [5, 5.41) is 3.47. The number of hydrazine groups is 1. The smallest absolute Gasteiger partial charge is 0.274 e. The van der Waals surface area contributed by atoms with Gasteiger partial charge in [-0.25, -0.2) is 0 Å². The Kier molecular flexibility index (Phi) is 5.21. The van der Waals surface area contributed by atoms with Crippen molar-refractivity contribution in [3.8, 4) is 0 Å². The van der Waals surface area contributed by atoms with E-state index >= 15 is 0 Å². The number of aromatic nitrogens is 2. The highest BCUT2D eigenvalue weighted by molar-refractivity contribution is 6.08. The molecule has 8 nitrogen and oxygen atoms in total. The third-order valence-corrected chi connectivity index (χ3v) is 4.43. The SMILES string of the molecule is O=C(NNC(=O)c1c[nH]c2ccccc12)c1ccc(NC(=O)c2ccccn2)cc1. The first-order valence-corrected chi connectivity index (χ1v) is 9.11. The van der Waals surface area contributed by atoms with Crippen LogP contribution in [0.15, 0.2) is 79.1 Å². The highest BCUT2D eigenvalue weighted by Gasteiger charge is 2.13. The summed E-state index contributed by atoms with van der Waals surface area (Å²) in [6.07, 6.45) is 3.12. The fraction of sp³-hybridized carbons (Fsp3) is 0. The van der Waals surface area contributed by atoms with E-state index in [0.29, 0.717) is 22.5 Å². The molecule has 0 bridgehead atoms. The Morgan fingerprint density at radius 3 is 2.27 bits per heavy atom. The summed E-state index contributed by atoms with van der Waals surface area (Å²) >= 11 is 0. The van der Waals surface area contributed by atoms with Gasteiger partial charge >= 0.3 is 0 Å². The van der Waals surface area contributed by atoms with Crippen molar-refractivity contribution in [1.29, 1.82) is 0 Å². The first kappa shape index (κ1) is 18.9. The van der Waals surface area contributed by atoms with Gasteiger partial charge in [-0.15, -0.1) is 0 Å². The second kappa shape index (κ2) is 8.27. The molecule has 0 aliphatic rings. The molecule has 0 unspecified atom stereocenters. The molecule has 0 saturated carbocycles. The predicted octanol–water partition coefficient (Wildman–Crippen LogP) is 2.89. The number of rotatable bonds is 4. The van der Waals surface area contributed by atoms with Gasteiger partial charge in [0.25, 0.3) is 17.7 Å². The van der Waals surface area contributed by atoms with E-state index in [1.54, 1.807) is 48.7 Å². The van der Waals surface area contributed by atoms with E-state index in [-0.39, 0.29) is 5.91 Å². The van der Waals surface area contributed by atoms with E-state index in [0.717, 1.165) is 10.9 Å². The van der Waals surface area contributed by atoms with Gasteiger partial charge in [0.05, 0.1) is 5.56 Å². The summed E-state index contributed by atoms with van der Waals surface area (Å²) < 4.78 is 0. The molecule has 3 amide bonds. The maximum atomic E-state index is 12.4. The van der Waals surface area contributed by atoms with Crippen LogP contribution in [0.25, 0.3) is 10.9 Å². The van der Waals surface area contributed by atoms with Crippen molar-refractivity contribution < 1.29 is 14.4 Å². The predicted molar refractivity (Wildman–Crippen MR) is 112 cm³/mol. The summed E-state index contributed by atoms with van der Waals surface area (Å²) in [6, 6.07) is 18.7. The van der Waals surface area contributed by atoms with Crippen molar-refractivity contribution in [1.82, 2.24) is 20.8 Å². The topological polar surface area (TPSA) is 116 Å². The third kappa shape index (κ3) is 4.02. The Labute approximate surface area is 171 Å². The van der Waals surface area contributed by atoms with Crippen molar-refractivity contribution in [2.45, 2.75) is 0 Å². The van der Waals surface area contributed by atoms with Crippen LogP contribution in [-0.2, 0) is 0 Å². The van der Waals surface area contributed by atoms with Crippen LogP contribution >= 0.6 is 0 Å². The number of anilines is 1. The number of para-hydroxylation sites is 1. The quantitative estimate of drug-likeness (QED) is 0.395. The van der Waals surface area contributed by atoms with Gasteiger partial charge in [0.15, 0.2) is 0 Å². The molecule has 0 aliphatic carbocycles. The van der Waals surface area contributed by atoms with E-state index in [9.17, 15) is 14.4 Å². The Morgan fingerprint density at radius 1 is 0.767 bits per heavy atom. The van der Waals surface area contributed by atoms with Gasteiger partial charge in [0, 0.05) is 34.5 Å². The van der Waals surface area contributed by atoms with Gasteiger partial charge in [-0.1, -0.05) is 24.3 Å². The van der Waals surface area contributed by atoms with Gasteiger partial charge in [0.2, 0.25) is 0 Å². The zero-order valence-electron chi connectivity index (χ0n) is 15.7. The van der Waals surface area contributed by atoms with E-state index in [1.807, 2.05) is 24.3 Å². The third-order valence-electron chi connectivity index (χ3n) is 4.43. The summed E-state index contributed by atoms with van der Waals surface area (Å²) in [4.78, 5) is 43.8. The van der Waals surface area contributed by atoms with Gasteiger partial charge in [-0.2, -0.15) is 0 Å². The number of hydrogen-bond donors (Lipinski definition) is 4. The molecule has 0 radical (unpaired) electrons. The Balaban J connectivity index is 1.36. The fourth-order valence-corrected chi connectivity index (χ4v) is 2.91. The van der Waals surface area contributed by atoms with Gasteiger partial charge in [-0.05, 0) is 42.5 Å². The van der Waals surface area contributed by atoms with Crippen LogP contribution < -0.4 is 16.2 Å². The maximum absolute atomic E-state index is 12.4. The molecule has 4 N–H and O–H groups in total. The summed E-state index contributed by atoms with van der Waals surface area (Å²) in [5.74, 6) is -1.26. The molecule has 4 rings (SSSR count). The maximum Gasteiger partial charge on any atom is 0.274 e. The zero-order valence-corrected chi connectivity index (χ0v) is 15.7. The molecule has 148 valence electrons. The lowest BCUT2D eigenvalue weighted by Crippen LogP contribution is -2.41. The van der Waals surface area contributed by atoms with Gasteiger partial charge in [0.1, 0.15) is 5.69 Å². The molecule has 2 aromatic heterocycles. The molecule has 0 atom stereocenters. The lowest BCUT2D eigenvalue weighted by atomic mass is 10.1. The number of nitrogens with zero attached hydrogens (tertiary/aromatic N) is 1. The molecule has 0 aliphatic heterocycles. The average Bonchev–Trinajstić information content (AvgIpc) is 3.22. The number of H-pyrrole nitrogens is 1. The van der Waals surface area contributed by atoms with Crippen LogP contribution in [0.1, 0.15) is 31.2 Å². The van der Waals surface area contributed by atoms with Crippen LogP contribution in [-0.4, -0.2) is 27.7 Å². The van der Waals surface area contributed by atoms with E-state index < -0.39 is 11.8 Å². The van der Waals surface area contributed by atoms with Crippen LogP contribution in [0.4, 0.5) is 5.69 Å². The second-order valence-corrected chi connectivity index (χ2v) is 6.40. The number of fused-ring (bicyclic) bond motifs is 1. The summed E-state index contributed by atoms with van der Waals surface area (Å²) in [7, 11) is 0. The molecule has 8 heteroatoms. The Morgan fingerprint density at radius 2 is 1.50 bits per heavy atom. The Bertz CT molecular complexity index is 1220. The molecular weight excluding hydrogens is 382 g/mol. The van der Waals surface area contributed by atoms with E-state index in [4.69, 9.17) is 0 Å². The fourth-order valence-electron chi connectivity index (χ4n) is 2.91. The molecule has 2 aromatic carbocycles. The summed E-state index contributed by atoms with van der Waals surface area (Å²) in [6.45, 7) is 0. The van der Waals surface area contributed by atoms with E-state index in [1.165, 1.54) is 6.20 Å². The highest BCUT2D eigenvalue weighted by Crippen LogP contribution is 2.17. The van der Waals surface area contributed by atoms with Crippen molar-refractivity contribution in [3.63, 3.8) is 0 Å². The highest BCUT2D eigenvalue weighted by atomic mass is 16.2.